The highest BCUT2D eigenvalue weighted by molar-refractivity contribution is 5.92. The Bertz CT molecular complexity index is 523. The Kier molecular flexibility index (Phi) is 5.73. The number of hydrogen-bond donors (Lipinski definition) is 2. The Labute approximate surface area is 125 Å². The van der Waals surface area contributed by atoms with Gasteiger partial charge >= 0.3 is 0 Å². The molecule has 0 unspecified atom stereocenters. The van der Waals surface area contributed by atoms with E-state index in [1.165, 1.54) is 0 Å². The average molecular weight is 287 g/mol. The maximum Gasteiger partial charge on any atom is 0.269 e. The summed E-state index contributed by atoms with van der Waals surface area (Å²) in [7, 11) is 2.12. The lowest BCUT2D eigenvalue weighted by atomic mass is 9.97. The lowest BCUT2D eigenvalue weighted by molar-refractivity contribution is 0.0934. The van der Waals surface area contributed by atoms with Gasteiger partial charge in [0.25, 0.3) is 5.91 Å². The molecule has 1 amide bonds. The normalized spacial score (nSPS) is 16.1. The predicted octanol–water partition coefficient (Wildman–Crippen LogP) is 0.497. The number of nitrogens with zero attached hydrogens (tertiary/aromatic N) is 2. The monoisotopic (exact) mass is 287 g/mol. The Morgan fingerprint density at radius 1 is 1.48 bits per heavy atom. The second kappa shape index (κ2) is 7.77. The van der Waals surface area contributed by atoms with Crippen LogP contribution in [0.5, 0.6) is 0 Å². The summed E-state index contributed by atoms with van der Waals surface area (Å²) in [5.41, 5.74) is 1.09. The molecule has 2 N–H and O–H groups in total. The Morgan fingerprint density at radius 3 is 2.86 bits per heavy atom. The fourth-order valence-electron chi connectivity index (χ4n) is 2.34. The van der Waals surface area contributed by atoms with Crippen LogP contribution in [0.25, 0.3) is 0 Å². The predicted molar refractivity (Wildman–Crippen MR) is 80.8 cm³/mol. The second-order valence-electron chi connectivity index (χ2n) is 5.35. The largest absolute Gasteiger partial charge is 0.384 e. The van der Waals surface area contributed by atoms with Crippen LogP contribution in [0.1, 0.15) is 28.9 Å². The number of carbonyl (C=O) groups is 1. The van der Waals surface area contributed by atoms with Gasteiger partial charge in [-0.05, 0) is 51.0 Å². The molecular formula is C16H21N3O2. The molecule has 112 valence electrons. The van der Waals surface area contributed by atoms with Crippen LogP contribution in [0.2, 0.25) is 0 Å². The van der Waals surface area contributed by atoms with E-state index in [-0.39, 0.29) is 12.5 Å². The topological polar surface area (TPSA) is 65.5 Å². The first kappa shape index (κ1) is 15.5. The summed E-state index contributed by atoms with van der Waals surface area (Å²) in [6.45, 7) is 2.72. The highest BCUT2D eigenvalue weighted by Crippen LogP contribution is 2.14. The van der Waals surface area contributed by atoms with Gasteiger partial charge < -0.3 is 15.3 Å². The first-order chi connectivity index (χ1) is 10.2. The summed E-state index contributed by atoms with van der Waals surface area (Å²) >= 11 is 0. The van der Waals surface area contributed by atoms with Gasteiger partial charge in [0, 0.05) is 18.3 Å². The second-order valence-corrected chi connectivity index (χ2v) is 5.35. The van der Waals surface area contributed by atoms with Crippen molar-refractivity contribution in [2.45, 2.75) is 12.8 Å². The molecule has 5 nitrogen and oxygen atoms in total. The summed E-state index contributed by atoms with van der Waals surface area (Å²) in [5, 5.41) is 11.6. The van der Waals surface area contributed by atoms with Crippen molar-refractivity contribution < 1.29 is 9.90 Å². The number of aliphatic hydroxyl groups is 1. The summed E-state index contributed by atoms with van der Waals surface area (Å²) in [6.07, 6.45) is 3.80. The number of aliphatic hydroxyl groups excluding tert-OH is 1. The fraction of sp³-hybridized carbons (Fsp3) is 0.500. The molecule has 21 heavy (non-hydrogen) atoms. The first-order valence-corrected chi connectivity index (χ1v) is 7.21. The zero-order valence-electron chi connectivity index (χ0n) is 12.3. The molecular weight excluding hydrogens is 266 g/mol. The molecule has 0 atom stereocenters. The van der Waals surface area contributed by atoms with E-state index < -0.39 is 0 Å². The number of aromatic nitrogens is 1. The molecule has 5 heteroatoms. The minimum atomic E-state index is -0.182. The standard InChI is InChI=1S/C16H21N3O2/c1-19-8-6-14(7-9-19)12-18-16(21)15-5-4-13(11-17-15)3-2-10-20/h4-5,11,14,20H,6-10,12H2,1H3,(H,18,21). The number of piperidine rings is 1. The van der Waals surface area contributed by atoms with E-state index >= 15 is 0 Å². The van der Waals surface area contributed by atoms with Gasteiger partial charge in [0.2, 0.25) is 0 Å². The molecule has 1 saturated heterocycles. The molecule has 0 bridgehead atoms. The van der Waals surface area contributed by atoms with Crippen LogP contribution in [0.15, 0.2) is 18.3 Å². The Hall–Kier alpha value is -1.90. The molecule has 0 aromatic carbocycles. The van der Waals surface area contributed by atoms with Gasteiger partial charge in [-0.3, -0.25) is 4.79 Å². The molecule has 1 aliphatic heterocycles. The van der Waals surface area contributed by atoms with Crippen LogP contribution in [0, 0.1) is 17.8 Å². The number of pyridine rings is 1. The van der Waals surface area contributed by atoms with E-state index in [1.54, 1.807) is 18.3 Å². The van der Waals surface area contributed by atoms with Gasteiger partial charge in [0.15, 0.2) is 0 Å². The zero-order chi connectivity index (χ0) is 15.1. The molecule has 1 aromatic heterocycles. The maximum absolute atomic E-state index is 12.0. The van der Waals surface area contributed by atoms with Crippen molar-refractivity contribution >= 4 is 5.91 Å². The van der Waals surface area contributed by atoms with E-state index in [1.807, 2.05) is 0 Å². The van der Waals surface area contributed by atoms with Gasteiger partial charge in [-0.1, -0.05) is 11.8 Å². The lowest BCUT2D eigenvalue weighted by Crippen LogP contribution is -2.37. The Balaban J connectivity index is 1.83. The van der Waals surface area contributed by atoms with E-state index in [0.717, 1.165) is 25.9 Å². The molecule has 0 radical (unpaired) electrons. The van der Waals surface area contributed by atoms with Crippen LogP contribution >= 0.6 is 0 Å². The number of amides is 1. The van der Waals surface area contributed by atoms with Gasteiger partial charge in [-0.2, -0.15) is 0 Å². The summed E-state index contributed by atoms with van der Waals surface area (Å²) in [4.78, 5) is 18.4. The number of nitrogens with one attached hydrogen (secondary N) is 1. The van der Waals surface area contributed by atoms with Crippen LogP contribution < -0.4 is 5.32 Å². The van der Waals surface area contributed by atoms with Crippen molar-refractivity contribution in [1.29, 1.82) is 0 Å². The molecule has 0 spiro atoms. The van der Waals surface area contributed by atoms with E-state index in [9.17, 15) is 4.79 Å². The minimum Gasteiger partial charge on any atom is -0.384 e. The molecule has 0 saturated carbocycles. The van der Waals surface area contributed by atoms with Crippen molar-refractivity contribution in [3.63, 3.8) is 0 Å². The summed E-state index contributed by atoms with van der Waals surface area (Å²) < 4.78 is 0. The van der Waals surface area contributed by atoms with Crippen LogP contribution in [0.3, 0.4) is 0 Å². The minimum absolute atomic E-state index is 0.143. The zero-order valence-corrected chi connectivity index (χ0v) is 12.3. The van der Waals surface area contributed by atoms with Crippen LogP contribution in [-0.2, 0) is 0 Å². The highest BCUT2D eigenvalue weighted by atomic mass is 16.2. The smallest absolute Gasteiger partial charge is 0.269 e. The molecule has 1 aliphatic rings. The SMILES string of the molecule is CN1CCC(CNC(=O)c2ccc(C#CCO)cn2)CC1. The summed E-state index contributed by atoms with van der Waals surface area (Å²) in [6, 6.07) is 3.39. The number of carbonyl (C=O) groups excluding carboxylic acids is 1. The first-order valence-electron chi connectivity index (χ1n) is 7.21. The van der Waals surface area contributed by atoms with Crippen LogP contribution in [-0.4, -0.2) is 54.2 Å². The third-order valence-corrected chi connectivity index (χ3v) is 3.70. The van der Waals surface area contributed by atoms with E-state index in [0.29, 0.717) is 23.7 Å². The molecule has 1 aromatic rings. The third-order valence-electron chi connectivity index (χ3n) is 3.70. The van der Waals surface area contributed by atoms with E-state index in [4.69, 9.17) is 5.11 Å². The molecule has 1 fully saturated rings. The Morgan fingerprint density at radius 2 is 2.24 bits per heavy atom. The fourth-order valence-corrected chi connectivity index (χ4v) is 2.34. The number of hydrogen-bond acceptors (Lipinski definition) is 4. The average Bonchev–Trinajstić information content (AvgIpc) is 2.52. The van der Waals surface area contributed by atoms with Crippen molar-refractivity contribution in [1.82, 2.24) is 15.2 Å². The van der Waals surface area contributed by atoms with Gasteiger partial charge in [-0.25, -0.2) is 4.98 Å². The lowest BCUT2D eigenvalue weighted by Gasteiger charge is -2.28. The number of likely N-dealkylation sites (tertiary alicyclic amines) is 1. The van der Waals surface area contributed by atoms with Gasteiger partial charge in [0.05, 0.1) is 0 Å². The maximum atomic E-state index is 12.0. The molecule has 2 rings (SSSR count). The molecule has 0 aliphatic carbocycles. The van der Waals surface area contributed by atoms with E-state index in [2.05, 4.69) is 34.1 Å². The number of rotatable bonds is 3. The van der Waals surface area contributed by atoms with Crippen molar-refractivity contribution in [3.05, 3.63) is 29.6 Å². The van der Waals surface area contributed by atoms with Crippen molar-refractivity contribution in [3.8, 4) is 11.8 Å². The highest BCUT2D eigenvalue weighted by Gasteiger charge is 2.17. The van der Waals surface area contributed by atoms with Gasteiger partial charge in [0.1, 0.15) is 12.3 Å². The van der Waals surface area contributed by atoms with Gasteiger partial charge in [-0.15, -0.1) is 0 Å². The summed E-state index contributed by atoms with van der Waals surface area (Å²) in [5.74, 6) is 5.71. The van der Waals surface area contributed by atoms with Crippen LogP contribution in [0.4, 0.5) is 0 Å². The quantitative estimate of drug-likeness (QED) is 0.795. The van der Waals surface area contributed by atoms with Crippen molar-refractivity contribution in [2.75, 3.05) is 33.3 Å². The third kappa shape index (κ3) is 4.85. The van der Waals surface area contributed by atoms with Crippen molar-refractivity contribution in [2.24, 2.45) is 5.92 Å². The molecule has 2 heterocycles.